The van der Waals surface area contributed by atoms with Gasteiger partial charge in [-0.25, -0.2) is 4.39 Å². The third-order valence-electron chi connectivity index (χ3n) is 6.38. The minimum atomic E-state index is -4.53. The number of fused-ring (bicyclic) bond motifs is 1. The first-order valence-corrected chi connectivity index (χ1v) is 11.2. The number of methoxy groups -OCH3 is 1. The Balaban J connectivity index is 2.07. The van der Waals surface area contributed by atoms with Crippen LogP contribution in [0.1, 0.15) is 54.6 Å². The maximum atomic E-state index is 14.2. The van der Waals surface area contributed by atoms with Crippen molar-refractivity contribution in [2.75, 3.05) is 12.4 Å². The van der Waals surface area contributed by atoms with Gasteiger partial charge in [0.05, 0.1) is 24.3 Å². The summed E-state index contributed by atoms with van der Waals surface area (Å²) in [7, 11) is 1.41. The van der Waals surface area contributed by atoms with Crippen molar-refractivity contribution < 1.29 is 22.3 Å². The van der Waals surface area contributed by atoms with Crippen molar-refractivity contribution in [3.63, 3.8) is 0 Å². The Morgan fingerprint density at radius 2 is 1.69 bits per heavy atom. The fraction of sp³-hybridized carbons (Fsp3) is 0.286. The molecule has 0 amide bonds. The number of hydrogen-bond acceptors (Lipinski definition) is 3. The number of hydrogen-bond donors (Lipinski definition) is 2. The number of ether oxygens (including phenoxy) is 1. The lowest BCUT2D eigenvalue weighted by molar-refractivity contribution is -0.137. The van der Waals surface area contributed by atoms with Gasteiger partial charge in [0.1, 0.15) is 11.6 Å². The Bertz CT molecular complexity index is 1330. The lowest BCUT2D eigenvalue weighted by Gasteiger charge is -2.35. The first-order valence-electron chi connectivity index (χ1n) is 11.2. The Morgan fingerprint density at radius 1 is 0.971 bits per heavy atom. The van der Waals surface area contributed by atoms with Crippen LogP contribution in [0.25, 0.3) is 16.7 Å². The number of rotatable bonds is 4. The van der Waals surface area contributed by atoms with Gasteiger partial charge in [0, 0.05) is 16.8 Å². The fourth-order valence-corrected chi connectivity index (χ4v) is 4.90. The number of allylic oxidation sites excluding steroid dienone is 1. The zero-order valence-electron chi connectivity index (χ0n) is 20.3. The summed E-state index contributed by atoms with van der Waals surface area (Å²) in [5, 5.41) is 3.47. The highest BCUT2D eigenvalue weighted by Crippen LogP contribution is 2.47. The Morgan fingerprint density at radius 3 is 2.34 bits per heavy atom. The summed E-state index contributed by atoms with van der Waals surface area (Å²) in [4.78, 5) is 0. The smallest absolute Gasteiger partial charge is 0.416 e. The summed E-state index contributed by atoms with van der Waals surface area (Å²) in [6.45, 7) is 7.83. The van der Waals surface area contributed by atoms with Gasteiger partial charge in [0.2, 0.25) is 0 Å². The summed E-state index contributed by atoms with van der Waals surface area (Å²) in [6, 6.07) is 10.6. The summed E-state index contributed by atoms with van der Waals surface area (Å²) in [5.74, 6) is -0.149. The van der Waals surface area contributed by atoms with Crippen molar-refractivity contribution >= 4 is 11.3 Å². The van der Waals surface area contributed by atoms with E-state index in [4.69, 9.17) is 10.5 Å². The van der Waals surface area contributed by atoms with E-state index in [-0.39, 0.29) is 16.9 Å². The Labute approximate surface area is 202 Å². The van der Waals surface area contributed by atoms with Crippen molar-refractivity contribution in [2.45, 2.75) is 45.5 Å². The van der Waals surface area contributed by atoms with Crippen LogP contribution in [0.5, 0.6) is 5.75 Å². The molecule has 7 heteroatoms. The van der Waals surface area contributed by atoms with Gasteiger partial charge in [0.25, 0.3) is 0 Å². The zero-order chi connectivity index (χ0) is 25.7. The molecule has 1 unspecified atom stereocenters. The molecule has 35 heavy (non-hydrogen) atoms. The molecule has 1 aliphatic heterocycles. The second-order valence-electron chi connectivity index (χ2n) is 9.51. The molecule has 1 atom stereocenters. The fourth-order valence-electron chi connectivity index (χ4n) is 4.90. The standard InChI is InChI=1S/C28H28F4N2O/c1-15-6-8-18(29)13-20(15)26(33)25-19(9-10-22-24(25)16(2)14-27(3,4)34-22)21-12-17(28(30,31)32)7-11-23(21)35-5/h6-14,26,34H,33H2,1-5H3. The molecule has 0 radical (unpaired) electrons. The molecule has 3 aromatic rings. The van der Waals surface area contributed by atoms with Crippen LogP contribution in [0.2, 0.25) is 0 Å². The van der Waals surface area contributed by atoms with Crippen molar-refractivity contribution in [3.8, 4) is 16.9 Å². The molecule has 184 valence electrons. The molecular formula is C28H28F4N2O. The second kappa shape index (κ2) is 8.72. The molecular weight excluding hydrogens is 456 g/mol. The average molecular weight is 485 g/mol. The highest BCUT2D eigenvalue weighted by molar-refractivity contribution is 5.89. The van der Waals surface area contributed by atoms with Crippen molar-refractivity contribution in [1.29, 1.82) is 0 Å². The van der Waals surface area contributed by atoms with Crippen LogP contribution >= 0.6 is 0 Å². The molecule has 0 aliphatic carbocycles. The van der Waals surface area contributed by atoms with E-state index in [1.165, 1.54) is 25.3 Å². The van der Waals surface area contributed by atoms with Crippen LogP contribution < -0.4 is 15.8 Å². The predicted octanol–water partition coefficient (Wildman–Crippen LogP) is 7.48. The minimum absolute atomic E-state index is 0.266. The number of aryl methyl sites for hydroxylation is 1. The monoisotopic (exact) mass is 484 g/mol. The van der Waals surface area contributed by atoms with Crippen molar-refractivity contribution in [2.24, 2.45) is 5.73 Å². The van der Waals surface area contributed by atoms with Crippen molar-refractivity contribution in [3.05, 3.63) is 88.2 Å². The molecule has 3 nitrogen and oxygen atoms in total. The highest BCUT2D eigenvalue weighted by Gasteiger charge is 2.33. The van der Waals surface area contributed by atoms with Gasteiger partial charge in [-0.1, -0.05) is 18.2 Å². The van der Waals surface area contributed by atoms with Crippen LogP contribution in [-0.4, -0.2) is 12.6 Å². The zero-order valence-corrected chi connectivity index (χ0v) is 20.3. The van der Waals surface area contributed by atoms with Gasteiger partial charge >= 0.3 is 6.18 Å². The van der Waals surface area contributed by atoms with E-state index in [0.717, 1.165) is 34.5 Å². The van der Waals surface area contributed by atoms with Crippen LogP contribution in [0, 0.1) is 12.7 Å². The number of alkyl halides is 3. The van der Waals surface area contributed by atoms with E-state index in [1.807, 2.05) is 33.8 Å². The average Bonchev–Trinajstić information content (AvgIpc) is 2.77. The van der Waals surface area contributed by atoms with E-state index in [9.17, 15) is 17.6 Å². The Kier molecular flexibility index (Phi) is 6.18. The van der Waals surface area contributed by atoms with Crippen LogP contribution in [0.15, 0.2) is 54.6 Å². The van der Waals surface area contributed by atoms with Crippen LogP contribution in [0.4, 0.5) is 23.2 Å². The summed E-state index contributed by atoms with van der Waals surface area (Å²) >= 11 is 0. The molecule has 0 saturated heterocycles. The maximum absolute atomic E-state index is 14.2. The molecule has 3 N–H and O–H groups in total. The van der Waals surface area contributed by atoms with E-state index in [2.05, 4.69) is 11.4 Å². The number of halogens is 4. The largest absolute Gasteiger partial charge is 0.496 e. The quantitative estimate of drug-likeness (QED) is 0.377. The molecule has 3 aromatic carbocycles. The summed E-state index contributed by atoms with van der Waals surface area (Å²) in [6.07, 6.45) is -2.48. The van der Waals surface area contributed by atoms with Crippen LogP contribution in [-0.2, 0) is 6.18 Å². The lowest BCUT2D eigenvalue weighted by Crippen LogP contribution is -2.32. The van der Waals surface area contributed by atoms with E-state index in [1.54, 1.807) is 12.1 Å². The van der Waals surface area contributed by atoms with Gasteiger partial charge in [-0.3, -0.25) is 0 Å². The predicted molar refractivity (Wildman–Crippen MR) is 132 cm³/mol. The normalized spacial score (nSPS) is 15.7. The molecule has 1 aliphatic rings. The first-order chi connectivity index (χ1) is 16.3. The molecule has 4 rings (SSSR count). The summed E-state index contributed by atoms with van der Waals surface area (Å²) in [5.41, 5.74) is 10.9. The maximum Gasteiger partial charge on any atom is 0.416 e. The molecule has 1 heterocycles. The number of anilines is 1. The van der Waals surface area contributed by atoms with Gasteiger partial charge in [0.15, 0.2) is 0 Å². The van der Waals surface area contributed by atoms with Crippen LogP contribution in [0.3, 0.4) is 0 Å². The third-order valence-corrected chi connectivity index (χ3v) is 6.38. The first kappa shape index (κ1) is 24.8. The highest BCUT2D eigenvalue weighted by atomic mass is 19.4. The number of nitrogens with two attached hydrogens (primary N) is 1. The number of nitrogens with one attached hydrogen (secondary N) is 1. The molecule has 0 saturated carbocycles. The third kappa shape index (κ3) is 4.65. The van der Waals surface area contributed by atoms with Gasteiger partial charge < -0.3 is 15.8 Å². The van der Waals surface area contributed by atoms with E-state index < -0.39 is 23.6 Å². The topological polar surface area (TPSA) is 47.3 Å². The van der Waals surface area contributed by atoms with E-state index in [0.29, 0.717) is 16.7 Å². The molecule has 0 aromatic heterocycles. The summed E-state index contributed by atoms with van der Waals surface area (Å²) < 4.78 is 60.6. The SMILES string of the molecule is COc1ccc(C(F)(F)F)cc1-c1ccc2c(c1C(N)c1cc(F)ccc1C)C(C)=CC(C)(C)N2. The van der Waals surface area contributed by atoms with Crippen molar-refractivity contribution in [1.82, 2.24) is 0 Å². The lowest BCUT2D eigenvalue weighted by atomic mass is 9.80. The molecule has 0 spiro atoms. The molecule has 0 fully saturated rings. The van der Waals surface area contributed by atoms with Gasteiger partial charge in [-0.15, -0.1) is 0 Å². The van der Waals surface area contributed by atoms with Gasteiger partial charge in [-0.2, -0.15) is 13.2 Å². The minimum Gasteiger partial charge on any atom is -0.496 e. The Hall–Kier alpha value is -3.32. The van der Waals surface area contributed by atoms with E-state index >= 15 is 0 Å². The van der Waals surface area contributed by atoms with Gasteiger partial charge in [-0.05, 0) is 91.9 Å². The second-order valence-corrected chi connectivity index (χ2v) is 9.51. The molecule has 0 bridgehead atoms. The number of benzene rings is 3.